The molecule has 0 bridgehead atoms. The average Bonchev–Trinajstić information content (AvgIpc) is 3.28. The Hall–Kier alpha value is -2.44. The molecule has 0 amide bonds. The van der Waals surface area contributed by atoms with Crippen molar-refractivity contribution in [3.63, 3.8) is 0 Å². The molecule has 0 saturated carbocycles. The summed E-state index contributed by atoms with van der Waals surface area (Å²) in [6.07, 6.45) is 0. The lowest BCUT2D eigenvalue weighted by molar-refractivity contribution is 1.04. The second kappa shape index (κ2) is 6.70. The van der Waals surface area contributed by atoms with Crippen LogP contribution in [-0.4, -0.2) is 0 Å². The lowest BCUT2D eigenvalue weighted by atomic mass is 10.1. The average molecular weight is 379 g/mol. The van der Waals surface area contributed by atoms with Crippen molar-refractivity contribution < 1.29 is 0 Å². The number of anilines is 4. The maximum Gasteiger partial charge on any atom is 0.0730 e. The fraction of sp³-hybridized carbons (Fsp3) is 0.100. The Kier molecular flexibility index (Phi) is 4.07. The van der Waals surface area contributed by atoms with Crippen molar-refractivity contribution in [2.75, 3.05) is 18.1 Å². The zero-order valence-electron chi connectivity index (χ0n) is 14.1. The Balaban J connectivity index is 1.27. The molecule has 0 radical (unpaired) electrons. The van der Waals surface area contributed by atoms with Gasteiger partial charge in [-0.3, -0.25) is 8.61 Å². The predicted molar refractivity (Wildman–Crippen MR) is 114 cm³/mol. The first kappa shape index (κ1) is 15.8. The highest BCUT2D eigenvalue weighted by Crippen LogP contribution is 2.41. The van der Waals surface area contributed by atoms with Crippen LogP contribution in [0.2, 0.25) is 0 Å². The van der Waals surface area contributed by atoms with Gasteiger partial charge in [-0.05, 0) is 35.4 Å². The van der Waals surface area contributed by atoms with Crippen LogP contribution in [0, 0.1) is 0 Å². The topological polar surface area (TPSA) is 30.5 Å². The summed E-state index contributed by atoms with van der Waals surface area (Å²) in [6.45, 7) is 1.77. The number of hydrogen-bond acceptors (Lipinski definition) is 6. The van der Waals surface area contributed by atoms with Crippen LogP contribution in [-0.2, 0) is 13.1 Å². The van der Waals surface area contributed by atoms with Gasteiger partial charge in [0.05, 0.1) is 60.1 Å². The lowest BCUT2D eigenvalue weighted by Crippen LogP contribution is -2.12. The van der Waals surface area contributed by atoms with E-state index in [-0.39, 0.29) is 0 Å². The summed E-state index contributed by atoms with van der Waals surface area (Å²) < 4.78 is 11.3. The Bertz CT molecular complexity index is 853. The minimum absolute atomic E-state index is 0.887. The molecule has 3 aromatic rings. The van der Waals surface area contributed by atoms with Crippen LogP contribution in [0.4, 0.5) is 22.7 Å². The molecule has 26 heavy (non-hydrogen) atoms. The molecular formula is C20H18N4S2. The predicted octanol–water partition coefficient (Wildman–Crippen LogP) is 5.68. The molecule has 0 atom stereocenters. The molecule has 2 aliphatic heterocycles. The number of nitrogens with one attached hydrogen (secondary N) is 2. The molecule has 6 heteroatoms. The van der Waals surface area contributed by atoms with E-state index in [1.807, 2.05) is 0 Å². The third-order valence-corrected chi connectivity index (χ3v) is 6.27. The van der Waals surface area contributed by atoms with Gasteiger partial charge in [0.15, 0.2) is 0 Å². The van der Waals surface area contributed by atoms with Crippen molar-refractivity contribution >= 4 is 47.0 Å². The maximum absolute atomic E-state index is 3.37. The highest BCUT2D eigenvalue weighted by molar-refractivity contribution is 8.02. The van der Waals surface area contributed by atoms with Gasteiger partial charge >= 0.3 is 0 Å². The third kappa shape index (κ3) is 2.95. The molecule has 130 valence electrons. The van der Waals surface area contributed by atoms with E-state index < -0.39 is 0 Å². The van der Waals surface area contributed by atoms with Crippen molar-refractivity contribution in [3.05, 3.63) is 83.9 Å². The Morgan fingerprint density at radius 2 is 1.00 bits per heavy atom. The van der Waals surface area contributed by atoms with Crippen LogP contribution in [0.5, 0.6) is 0 Å². The smallest absolute Gasteiger partial charge is 0.0730 e. The summed E-state index contributed by atoms with van der Waals surface area (Å²) in [5.74, 6) is 0. The van der Waals surface area contributed by atoms with Gasteiger partial charge in [-0.15, -0.1) is 0 Å². The summed E-state index contributed by atoms with van der Waals surface area (Å²) in [6, 6.07) is 25.8. The summed E-state index contributed by atoms with van der Waals surface area (Å²) >= 11 is 3.30. The number of para-hydroxylation sites is 4. The monoisotopic (exact) mass is 378 g/mol. The van der Waals surface area contributed by atoms with Crippen LogP contribution in [0.3, 0.4) is 0 Å². The highest BCUT2D eigenvalue weighted by Gasteiger charge is 2.20. The van der Waals surface area contributed by atoms with Crippen molar-refractivity contribution in [1.82, 2.24) is 0 Å². The summed E-state index contributed by atoms with van der Waals surface area (Å²) in [5.41, 5.74) is 7.49. The van der Waals surface area contributed by atoms with Crippen LogP contribution in [0.15, 0.2) is 72.8 Å². The number of nitrogens with zero attached hydrogens (tertiary/aromatic N) is 2. The van der Waals surface area contributed by atoms with E-state index in [1.54, 1.807) is 24.3 Å². The van der Waals surface area contributed by atoms with Crippen LogP contribution < -0.4 is 18.1 Å². The minimum Gasteiger partial charge on any atom is -0.310 e. The molecule has 5 rings (SSSR count). The molecule has 0 saturated heterocycles. The largest absolute Gasteiger partial charge is 0.310 e. The van der Waals surface area contributed by atoms with E-state index in [0.717, 1.165) is 13.1 Å². The molecule has 3 aromatic carbocycles. The molecular weight excluding hydrogens is 360 g/mol. The minimum atomic E-state index is 0.887. The first-order valence-corrected chi connectivity index (χ1v) is 10.1. The second-order valence-electron chi connectivity index (χ2n) is 6.31. The zero-order valence-corrected chi connectivity index (χ0v) is 15.7. The van der Waals surface area contributed by atoms with Gasteiger partial charge in [0, 0.05) is 0 Å². The van der Waals surface area contributed by atoms with Crippen LogP contribution in [0.25, 0.3) is 0 Å². The summed E-state index contributed by atoms with van der Waals surface area (Å²) in [7, 11) is 0. The van der Waals surface area contributed by atoms with Crippen molar-refractivity contribution in [3.8, 4) is 0 Å². The fourth-order valence-electron chi connectivity index (χ4n) is 3.18. The fourth-order valence-corrected chi connectivity index (χ4v) is 4.88. The second-order valence-corrected chi connectivity index (χ2v) is 7.97. The summed E-state index contributed by atoms with van der Waals surface area (Å²) in [5, 5.41) is 0. The van der Waals surface area contributed by atoms with Gasteiger partial charge < -0.3 is 9.44 Å². The summed E-state index contributed by atoms with van der Waals surface area (Å²) in [4.78, 5) is 0. The third-order valence-electron chi connectivity index (χ3n) is 4.55. The first-order chi connectivity index (χ1) is 12.9. The van der Waals surface area contributed by atoms with Crippen molar-refractivity contribution in [2.45, 2.75) is 13.1 Å². The number of fused-ring (bicyclic) bond motifs is 2. The lowest BCUT2D eigenvalue weighted by Gasteiger charge is -2.18. The van der Waals surface area contributed by atoms with Gasteiger partial charge in [0.1, 0.15) is 0 Å². The maximum atomic E-state index is 3.37. The molecule has 2 N–H and O–H groups in total. The normalized spacial score (nSPS) is 14.6. The van der Waals surface area contributed by atoms with Crippen LogP contribution in [0.1, 0.15) is 11.1 Å². The molecule has 0 aromatic heterocycles. The van der Waals surface area contributed by atoms with Gasteiger partial charge in [-0.25, -0.2) is 0 Å². The van der Waals surface area contributed by atoms with E-state index in [2.05, 4.69) is 90.9 Å². The van der Waals surface area contributed by atoms with Gasteiger partial charge in [-0.2, -0.15) is 0 Å². The molecule has 0 unspecified atom stereocenters. The zero-order chi connectivity index (χ0) is 17.3. The van der Waals surface area contributed by atoms with Crippen molar-refractivity contribution in [2.24, 2.45) is 0 Å². The molecule has 0 fully saturated rings. The van der Waals surface area contributed by atoms with Gasteiger partial charge in [-0.1, -0.05) is 48.5 Å². The van der Waals surface area contributed by atoms with Gasteiger partial charge in [0.25, 0.3) is 0 Å². The standard InChI is InChI=1S/C20H18N4S2/c1-3-7-19-17(5-1)21-25-23(19)13-15-9-11-16(12-10-15)14-24-20-8-4-2-6-18(20)22-26-24/h1-12,21-22H,13-14H2. The van der Waals surface area contributed by atoms with Gasteiger partial charge in [0.2, 0.25) is 0 Å². The molecule has 2 heterocycles. The van der Waals surface area contributed by atoms with Crippen LogP contribution >= 0.6 is 24.3 Å². The molecule has 0 aliphatic carbocycles. The number of hydrogen-bond donors (Lipinski definition) is 2. The van der Waals surface area contributed by atoms with E-state index in [9.17, 15) is 0 Å². The Morgan fingerprint density at radius 3 is 1.46 bits per heavy atom. The molecule has 2 aliphatic rings. The number of rotatable bonds is 4. The highest BCUT2D eigenvalue weighted by atomic mass is 32.2. The Labute approximate surface area is 162 Å². The SMILES string of the molecule is c1ccc2c(c1)NSN2Cc1ccc(CN2SNc3ccccc32)cc1. The quantitative estimate of drug-likeness (QED) is 0.568. The van der Waals surface area contributed by atoms with Crippen molar-refractivity contribution in [1.29, 1.82) is 0 Å². The molecule has 4 nitrogen and oxygen atoms in total. The van der Waals surface area contributed by atoms with E-state index >= 15 is 0 Å². The molecule has 0 spiro atoms. The number of benzene rings is 3. The van der Waals surface area contributed by atoms with E-state index in [1.165, 1.54) is 33.9 Å². The van der Waals surface area contributed by atoms with E-state index in [0.29, 0.717) is 0 Å². The first-order valence-electron chi connectivity index (χ1n) is 8.54. The van der Waals surface area contributed by atoms with E-state index in [4.69, 9.17) is 0 Å². The Morgan fingerprint density at radius 1 is 0.577 bits per heavy atom.